The van der Waals surface area contributed by atoms with Crippen LogP contribution in [0.15, 0.2) is 0 Å². The number of carbonyl (C=O) groups excluding carboxylic acids is 3. The largest absolute Gasteiger partial charge is 0.465 e. The van der Waals surface area contributed by atoms with Crippen LogP contribution in [-0.4, -0.2) is 24.1 Å². The molecular weight excluding hydrogens is 220 g/mol. The molecule has 0 radical (unpaired) electrons. The fourth-order valence-corrected chi connectivity index (χ4v) is 2.69. The van der Waals surface area contributed by atoms with E-state index in [1.807, 2.05) is 0 Å². The highest BCUT2D eigenvalue weighted by atomic mass is 16.5. The van der Waals surface area contributed by atoms with E-state index in [9.17, 15) is 14.4 Å². The van der Waals surface area contributed by atoms with Gasteiger partial charge in [-0.25, -0.2) is 0 Å². The average molecular weight is 240 g/mol. The minimum Gasteiger partial charge on any atom is -0.465 e. The van der Waals surface area contributed by atoms with Crippen molar-refractivity contribution in [3.8, 4) is 0 Å². The molecule has 0 N–H and O–H groups in total. The molecule has 96 valence electrons. The molecule has 4 heteroatoms. The third kappa shape index (κ3) is 2.56. The van der Waals surface area contributed by atoms with Gasteiger partial charge in [-0.3, -0.25) is 9.59 Å². The third-order valence-corrected chi connectivity index (χ3v) is 3.55. The Morgan fingerprint density at radius 3 is 2.53 bits per heavy atom. The van der Waals surface area contributed by atoms with Gasteiger partial charge in [-0.1, -0.05) is 6.92 Å². The normalized spacial score (nSPS) is 25.7. The molecule has 1 rings (SSSR count). The number of esters is 1. The SMILES string of the molecule is CCOC(=O)C1(C(C)CC(C)=O)CCCC1=O. The summed E-state index contributed by atoms with van der Waals surface area (Å²) in [7, 11) is 0. The van der Waals surface area contributed by atoms with Crippen LogP contribution in [0.2, 0.25) is 0 Å². The molecule has 0 amide bonds. The lowest BCUT2D eigenvalue weighted by atomic mass is 9.72. The predicted molar refractivity (Wildman–Crippen MR) is 62.4 cm³/mol. The number of hydrogen-bond donors (Lipinski definition) is 0. The predicted octanol–water partition coefficient (Wildman–Crippen LogP) is 1.90. The fraction of sp³-hybridized carbons (Fsp3) is 0.769. The second-order valence-corrected chi connectivity index (χ2v) is 4.78. The lowest BCUT2D eigenvalue weighted by Crippen LogP contribution is -2.43. The molecule has 0 aromatic carbocycles. The van der Waals surface area contributed by atoms with Gasteiger partial charge in [0.2, 0.25) is 0 Å². The number of rotatable bonds is 5. The molecule has 0 aromatic rings. The first-order chi connectivity index (χ1) is 7.95. The van der Waals surface area contributed by atoms with Gasteiger partial charge in [0.1, 0.15) is 17.0 Å². The van der Waals surface area contributed by atoms with Crippen LogP contribution in [0.1, 0.15) is 46.5 Å². The van der Waals surface area contributed by atoms with Crippen molar-refractivity contribution in [3.63, 3.8) is 0 Å². The lowest BCUT2D eigenvalue weighted by molar-refractivity contribution is -0.162. The smallest absolute Gasteiger partial charge is 0.319 e. The van der Waals surface area contributed by atoms with Crippen LogP contribution in [0.3, 0.4) is 0 Å². The molecular formula is C13H20O4. The molecule has 4 nitrogen and oxygen atoms in total. The van der Waals surface area contributed by atoms with Crippen LogP contribution in [0.5, 0.6) is 0 Å². The van der Waals surface area contributed by atoms with Crippen molar-refractivity contribution in [1.29, 1.82) is 0 Å². The molecule has 0 saturated heterocycles. The summed E-state index contributed by atoms with van der Waals surface area (Å²) in [5.74, 6) is -0.782. The zero-order valence-corrected chi connectivity index (χ0v) is 10.7. The Morgan fingerprint density at radius 2 is 2.12 bits per heavy atom. The van der Waals surface area contributed by atoms with Crippen molar-refractivity contribution in [2.45, 2.75) is 46.5 Å². The second-order valence-electron chi connectivity index (χ2n) is 4.78. The molecule has 17 heavy (non-hydrogen) atoms. The Bertz CT molecular complexity index is 334. The maximum absolute atomic E-state index is 12.0. The van der Waals surface area contributed by atoms with Crippen LogP contribution in [0.4, 0.5) is 0 Å². The average Bonchev–Trinajstić information content (AvgIpc) is 2.60. The highest BCUT2D eigenvalue weighted by Gasteiger charge is 2.53. The van der Waals surface area contributed by atoms with Crippen molar-refractivity contribution in [1.82, 2.24) is 0 Å². The van der Waals surface area contributed by atoms with Gasteiger partial charge in [-0.2, -0.15) is 0 Å². The van der Waals surface area contributed by atoms with E-state index in [4.69, 9.17) is 4.74 Å². The van der Waals surface area contributed by atoms with E-state index in [1.165, 1.54) is 6.92 Å². The molecule has 2 unspecified atom stereocenters. The van der Waals surface area contributed by atoms with E-state index in [-0.39, 0.29) is 30.5 Å². The van der Waals surface area contributed by atoms with E-state index < -0.39 is 11.4 Å². The van der Waals surface area contributed by atoms with E-state index in [0.29, 0.717) is 19.3 Å². The van der Waals surface area contributed by atoms with Crippen LogP contribution in [0.25, 0.3) is 0 Å². The number of ketones is 2. The Hall–Kier alpha value is -1.19. The van der Waals surface area contributed by atoms with E-state index >= 15 is 0 Å². The summed E-state index contributed by atoms with van der Waals surface area (Å²) in [6, 6.07) is 0. The van der Waals surface area contributed by atoms with Gasteiger partial charge < -0.3 is 9.53 Å². The monoisotopic (exact) mass is 240 g/mol. The third-order valence-electron chi connectivity index (χ3n) is 3.55. The highest BCUT2D eigenvalue weighted by molar-refractivity contribution is 6.06. The highest BCUT2D eigenvalue weighted by Crippen LogP contribution is 2.44. The molecule has 1 aliphatic carbocycles. The maximum atomic E-state index is 12.0. The van der Waals surface area contributed by atoms with Crippen molar-refractivity contribution >= 4 is 17.5 Å². The van der Waals surface area contributed by atoms with Crippen molar-refractivity contribution in [2.75, 3.05) is 6.61 Å². The minimum absolute atomic E-state index is 0.000809. The molecule has 1 fully saturated rings. The van der Waals surface area contributed by atoms with Gasteiger partial charge in [0, 0.05) is 12.8 Å². The Kier molecular flexibility index (Phi) is 4.43. The molecule has 0 heterocycles. The first kappa shape index (κ1) is 13.9. The summed E-state index contributed by atoms with van der Waals surface area (Å²) >= 11 is 0. The minimum atomic E-state index is -1.07. The second kappa shape index (κ2) is 5.43. The molecule has 0 spiro atoms. The van der Waals surface area contributed by atoms with Gasteiger partial charge in [-0.05, 0) is 32.6 Å². The standard InChI is InChI=1S/C13H20O4/c1-4-17-12(16)13(7-5-6-11(13)15)9(2)8-10(3)14/h9H,4-8H2,1-3H3. The summed E-state index contributed by atoms with van der Waals surface area (Å²) in [4.78, 5) is 35.2. The maximum Gasteiger partial charge on any atom is 0.319 e. The van der Waals surface area contributed by atoms with E-state index in [1.54, 1.807) is 13.8 Å². The quantitative estimate of drug-likeness (QED) is 0.544. The molecule has 0 bridgehead atoms. The number of hydrogen-bond acceptors (Lipinski definition) is 4. The molecule has 1 saturated carbocycles. The van der Waals surface area contributed by atoms with Crippen molar-refractivity contribution < 1.29 is 19.1 Å². The summed E-state index contributed by atoms with van der Waals surface area (Å²) in [5.41, 5.74) is -1.07. The van der Waals surface area contributed by atoms with Crippen molar-refractivity contribution in [2.24, 2.45) is 11.3 Å². The molecule has 0 aromatic heterocycles. The van der Waals surface area contributed by atoms with Gasteiger partial charge in [-0.15, -0.1) is 0 Å². The fourth-order valence-electron chi connectivity index (χ4n) is 2.69. The first-order valence-electron chi connectivity index (χ1n) is 6.15. The summed E-state index contributed by atoms with van der Waals surface area (Å²) in [5, 5.41) is 0. The number of ether oxygens (including phenoxy) is 1. The number of carbonyl (C=O) groups is 3. The zero-order chi connectivity index (χ0) is 13.1. The van der Waals surface area contributed by atoms with Crippen LogP contribution < -0.4 is 0 Å². The summed E-state index contributed by atoms with van der Waals surface area (Å²) in [6.07, 6.45) is 1.89. The van der Waals surface area contributed by atoms with E-state index in [0.717, 1.165) is 0 Å². The zero-order valence-electron chi connectivity index (χ0n) is 10.7. The van der Waals surface area contributed by atoms with Crippen molar-refractivity contribution in [3.05, 3.63) is 0 Å². The van der Waals surface area contributed by atoms with Gasteiger partial charge in [0.15, 0.2) is 0 Å². The Labute approximate surface area is 102 Å². The Balaban J connectivity index is 2.97. The summed E-state index contributed by atoms with van der Waals surface area (Å²) < 4.78 is 5.03. The lowest BCUT2D eigenvalue weighted by Gasteiger charge is -2.30. The van der Waals surface area contributed by atoms with Gasteiger partial charge >= 0.3 is 5.97 Å². The molecule has 0 aliphatic heterocycles. The van der Waals surface area contributed by atoms with E-state index in [2.05, 4.69) is 0 Å². The van der Waals surface area contributed by atoms with Gasteiger partial charge in [0.25, 0.3) is 0 Å². The first-order valence-corrected chi connectivity index (χ1v) is 6.15. The topological polar surface area (TPSA) is 60.4 Å². The molecule has 1 aliphatic rings. The molecule has 2 atom stereocenters. The van der Waals surface area contributed by atoms with Crippen LogP contribution >= 0.6 is 0 Å². The van der Waals surface area contributed by atoms with Crippen LogP contribution in [0, 0.1) is 11.3 Å². The van der Waals surface area contributed by atoms with Gasteiger partial charge in [0.05, 0.1) is 6.61 Å². The Morgan fingerprint density at radius 1 is 1.47 bits per heavy atom. The summed E-state index contributed by atoms with van der Waals surface area (Å²) in [6.45, 7) is 5.26. The number of Topliss-reactive ketones (excluding diaryl/α,β-unsaturated/α-hetero) is 2. The van der Waals surface area contributed by atoms with Crippen LogP contribution in [-0.2, 0) is 19.1 Å².